The lowest BCUT2D eigenvalue weighted by molar-refractivity contribution is 0.480. The first-order valence-corrected chi connectivity index (χ1v) is 5.43. The van der Waals surface area contributed by atoms with Crippen molar-refractivity contribution in [1.29, 1.82) is 0 Å². The summed E-state index contributed by atoms with van der Waals surface area (Å²) in [4.78, 5) is 14.9. The number of nitrogens with zero attached hydrogens (tertiary/aromatic N) is 5. The molecule has 0 unspecified atom stereocenters. The summed E-state index contributed by atoms with van der Waals surface area (Å²) in [6.45, 7) is 3.45. The molecule has 0 saturated carbocycles. The Morgan fingerprint density at radius 3 is 1.56 bits per heavy atom. The largest absolute Gasteiger partial charge is 0.367 e. The van der Waals surface area contributed by atoms with Crippen LogP contribution in [0, 0.1) is 0 Å². The molecule has 0 aromatic carbocycles. The molecule has 0 radical (unpaired) electrons. The predicted octanol–water partition coefficient (Wildman–Crippen LogP) is 0.446. The van der Waals surface area contributed by atoms with Crippen molar-refractivity contribution in [2.24, 2.45) is 9.98 Å². The maximum Gasteiger partial charge on any atom is 0.195 e. The van der Waals surface area contributed by atoms with E-state index in [1.165, 1.54) is 0 Å². The summed E-state index contributed by atoms with van der Waals surface area (Å²) in [6, 6.07) is 0. The molecule has 16 heavy (non-hydrogen) atoms. The van der Waals surface area contributed by atoms with Crippen molar-refractivity contribution in [2.75, 3.05) is 55.4 Å². The van der Waals surface area contributed by atoms with Gasteiger partial charge in [-0.05, 0) is 6.92 Å². The zero-order chi connectivity index (χ0) is 12.7. The first kappa shape index (κ1) is 14.7. The maximum atomic E-state index is 4.50. The van der Waals surface area contributed by atoms with Gasteiger partial charge in [0.15, 0.2) is 5.96 Å². The molecule has 0 N–H and O–H groups in total. The van der Waals surface area contributed by atoms with E-state index in [0.717, 1.165) is 24.9 Å². The fourth-order valence-electron chi connectivity index (χ4n) is 1.19. The van der Waals surface area contributed by atoms with E-state index in [-0.39, 0.29) is 0 Å². The van der Waals surface area contributed by atoms with Gasteiger partial charge < -0.3 is 14.7 Å². The van der Waals surface area contributed by atoms with E-state index in [2.05, 4.69) is 9.98 Å². The summed E-state index contributed by atoms with van der Waals surface area (Å²) in [7, 11) is 12.0. The Morgan fingerprint density at radius 2 is 1.19 bits per heavy atom. The smallest absolute Gasteiger partial charge is 0.195 e. The molecule has 5 nitrogen and oxygen atoms in total. The number of hydrogen-bond donors (Lipinski definition) is 0. The lowest BCUT2D eigenvalue weighted by Crippen LogP contribution is -2.35. The lowest BCUT2D eigenvalue weighted by atomic mass is 10.5. The van der Waals surface area contributed by atoms with Gasteiger partial charge in [-0.2, -0.15) is 0 Å². The summed E-state index contributed by atoms with van der Waals surface area (Å²) < 4.78 is 0. The van der Waals surface area contributed by atoms with Crippen LogP contribution in [0.5, 0.6) is 0 Å². The SMILES string of the molecule is CC(=NCCN=C(N(C)C)N(C)C)N(C)C. The van der Waals surface area contributed by atoms with Gasteiger partial charge in [0.1, 0.15) is 0 Å². The van der Waals surface area contributed by atoms with Crippen molar-refractivity contribution >= 4 is 11.8 Å². The third kappa shape index (κ3) is 5.58. The van der Waals surface area contributed by atoms with Crippen molar-refractivity contribution in [3.8, 4) is 0 Å². The van der Waals surface area contributed by atoms with Gasteiger partial charge in [-0.1, -0.05) is 0 Å². The number of aliphatic imine (C=N–C) groups is 2. The van der Waals surface area contributed by atoms with Gasteiger partial charge in [0.25, 0.3) is 0 Å². The van der Waals surface area contributed by atoms with Crippen LogP contribution in [-0.4, -0.2) is 81.9 Å². The first-order valence-electron chi connectivity index (χ1n) is 5.43. The van der Waals surface area contributed by atoms with Crippen LogP contribution in [0.3, 0.4) is 0 Å². The van der Waals surface area contributed by atoms with E-state index in [1.54, 1.807) is 0 Å². The average molecular weight is 227 g/mol. The van der Waals surface area contributed by atoms with Gasteiger partial charge in [0.05, 0.1) is 18.9 Å². The highest BCUT2D eigenvalue weighted by molar-refractivity contribution is 5.79. The van der Waals surface area contributed by atoms with Gasteiger partial charge in [0.2, 0.25) is 0 Å². The van der Waals surface area contributed by atoms with Gasteiger partial charge >= 0.3 is 0 Å². The summed E-state index contributed by atoms with van der Waals surface area (Å²) in [5.41, 5.74) is 0. The van der Waals surface area contributed by atoms with E-state index in [1.807, 2.05) is 63.9 Å². The Bertz CT molecular complexity index is 243. The quantitative estimate of drug-likeness (QED) is 0.399. The maximum absolute atomic E-state index is 4.50. The predicted molar refractivity (Wildman–Crippen MR) is 71.3 cm³/mol. The molecule has 0 rings (SSSR count). The monoisotopic (exact) mass is 227 g/mol. The molecule has 0 atom stereocenters. The van der Waals surface area contributed by atoms with Gasteiger partial charge in [-0.25, -0.2) is 0 Å². The highest BCUT2D eigenvalue weighted by atomic mass is 15.3. The molecule has 0 amide bonds. The molecule has 0 aliphatic heterocycles. The Hall–Kier alpha value is -1.26. The highest BCUT2D eigenvalue weighted by Gasteiger charge is 2.02. The molecular formula is C11H25N5. The van der Waals surface area contributed by atoms with Crippen LogP contribution in [0.2, 0.25) is 0 Å². The Balaban J connectivity index is 4.21. The molecule has 0 bridgehead atoms. The number of hydrogen-bond acceptors (Lipinski definition) is 2. The molecule has 5 heteroatoms. The molecular weight excluding hydrogens is 202 g/mol. The van der Waals surface area contributed by atoms with Crippen LogP contribution in [0.25, 0.3) is 0 Å². The molecule has 94 valence electrons. The topological polar surface area (TPSA) is 34.4 Å². The average Bonchev–Trinajstić information content (AvgIpc) is 2.15. The first-order chi connectivity index (χ1) is 7.36. The van der Waals surface area contributed by atoms with Gasteiger partial charge in [-0.3, -0.25) is 9.98 Å². The molecule has 0 spiro atoms. The van der Waals surface area contributed by atoms with E-state index < -0.39 is 0 Å². The second-order valence-electron chi connectivity index (χ2n) is 4.29. The van der Waals surface area contributed by atoms with Gasteiger partial charge in [-0.15, -0.1) is 0 Å². The van der Waals surface area contributed by atoms with Crippen LogP contribution >= 0.6 is 0 Å². The minimum atomic E-state index is 0.719. The Morgan fingerprint density at radius 1 is 0.750 bits per heavy atom. The van der Waals surface area contributed by atoms with Crippen molar-refractivity contribution in [3.05, 3.63) is 0 Å². The third-order valence-corrected chi connectivity index (χ3v) is 2.14. The van der Waals surface area contributed by atoms with E-state index in [9.17, 15) is 0 Å². The minimum absolute atomic E-state index is 0.719. The summed E-state index contributed by atoms with van der Waals surface area (Å²) >= 11 is 0. The van der Waals surface area contributed by atoms with Crippen LogP contribution in [0.1, 0.15) is 6.92 Å². The van der Waals surface area contributed by atoms with Crippen LogP contribution in [-0.2, 0) is 0 Å². The van der Waals surface area contributed by atoms with Crippen LogP contribution in [0.15, 0.2) is 9.98 Å². The number of rotatable bonds is 3. The second kappa shape index (κ2) is 7.09. The van der Waals surface area contributed by atoms with Crippen molar-refractivity contribution < 1.29 is 0 Å². The highest BCUT2D eigenvalue weighted by Crippen LogP contribution is 1.90. The fraction of sp³-hybridized carbons (Fsp3) is 0.818. The number of guanidine groups is 1. The minimum Gasteiger partial charge on any atom is -0.367 e. The van der Waals surface area contributed by atoms with Crippen LogP contribution in [0.4, 0.5) is 0 Å². The Kier molecular flexibility index (Phi) is 6.53. The van der Waals surface area contributed by atoms with Crippen molar-refractivity contribution in [3.63, 3.8) is 0 Å². The molecule has 0 heterocycles. The molecule has 0 aliphatic carbocycles. The summed E-state index contributed by atoms with van der Waals surface area (Å²) in [5, 5.41) is 0. The van der Waals surface area contributed by atoms with Crippen LogP contribution < -0.4 is 0 Å². The van der Waals surface area contributed by atoms with Gasteiger partial charge in [0, 0.05) is 42.3 Å². The number of amidine groups is 1. The fourth-order valence-corrected chi connectivity index (χ4v) is 1.19. The standard InChI is InChI=1S/C11H25N5/c1-10(14(2)3)12-8-9-13-11(15(4)5)16(6)7/h8-9H2,1-7H3. The van der Waals surface area contributed by atoms with E-state index in [4.69, 9.17) is 0 Å². The zero-order valence-electron chi connectivity index (χ0n) is 11.7. The van der Waals surface area contributed by atoms with E-state index in [0.29, 0.717) is 0 Å². The van der Waals surface area contributed by atoms with Crippen molar-refractivity contribution in [1.82, 2.24) is 14.7 Å². The zero-order valence-corrected chi connectivity index (χ0v) is 11.7. The lowest BCUT2D eigenvalue weighted by Gasteiger charge is -2.22. The molecule has 0 aromatic heterocycles. The van der Waals surface area contributed by atoms with E-state index >= 15 is 0 Å². The second-order valence-corrected chi connectivity index (χ2v) is 4.29. The molecule has 0 saturated heterocycles. The van der Waals surface area contributed by atoms with Crippen molar-refractivity contribution in [2.45, 2.75) is 6.92 Å². The molecule has 0 aliphatic rings. The third-order valence-electron chi connectivity index (χ3n) is 2.14. The molecule has 0 aromatic rings. The Labute approximate surface area is 99.5 Å². The molecule has 0 fully saturated rings. The summed E-state index contributed by atoms with van der Waals surface area (Å²) in [6.07, 6.45) is 0. The normalized spacial score (nSPS) is 11.1. The summed E-state index contributed by atoms with van der Waals surface area (Å²) in [5.74, 6) is 2.00.